The van der Waals surface area contributed by atoms with Gasteiger partial charge in [-0.15, -0.1) is 23.5 Å². The van der Waals surface area contributed by atoms with Gasteiger partial charge in [0.15, 0.2) is 6.29 Å². The van der Waals surface area contributed by atoms with Crippen LogP contribution in [0.3, 0.4) is 0 Å². The summed E-state index contributed by atoms with van der Waals surface area (Å²) in [6.07, 6.45) is 16.7. The minimum absolute atomic E-state index is 0.0146. The van der Waals surface area contributed by atoms with Crippen molar-refractivity contribution in [1.29, 1.82) is 0 Å². The molecule has 41 heavy (non-hydrogen) atoms. The second-order valence-corrected chi connectivity index (χ2v) is 19.5. The Morgan fingerprint density at radius 1 is 1.10 bits per heavy atom. The molecule has 4 rings (SSSR count). The average Bonchev–Trinajstić information content (AvgIpc) is 3.49. The maximum absolute atomic E-state index is 12.3. The SMILES string of the molecule is CCOC(CC1(CC2CC=C3C=CC([C@@H](C)CCOC(=O)C(C)(C)C)O[Si]3(C3CCCC3)O2)SCCCS1)OCC. The van der Waals surface area contributed by atoms with E-state index in [-0.39, 0.29) is 34.5 Å². The minimum atomic E-state index is -2.65. The van der Waals surface area contributed by atoms with Gasteiger partial charge in [0.1, 0.15) is 0 Å². The lowest BCUT2D eigenvalue weighted by molar-refractivity contribution is -0.153. The van der Waals surface area contributed by atoms with Crippen molar-refractivity contribution in [1.82, 2.24) is 0 Å². The maximum atomic E-state index is 12.3. The summed E-state index contributed by atoms with van der Waals surface area (Å²) in [6.45, 7) is 13.8. The van der Waals surface area contributed by atoms with Crippen molar-refractivity contribution in [2.45, 2.75) is 127 Å². The molecular formula is C32H54O6S2Si. The number of allylic oxidation sites excluding steroid dienone is 2. The highest BCUT2D eigenvalue weighted by Gasteiger charge is 2.56. The number of fused-ring (bicyclic) bond motifs is 1. The predicted molar refractivity (Wildman–Crippen MR) is 172 cm³/mol. The van der Waals surface area contributed by atoms with Gasteiger partial charge in [0.2, 0.25) is 0 Å². The fourth-order valence-corrected chi connectivity index (χ4v) is 14.4. The molecular weight excluding hydrogens is 573 g/mol. The minimum Gasteiger partial charge on any atom is -0.465 e. The lowest BCUT2D eigenvalue weighted by Crippen LogP contribution is -2.57. The molecule has 1 saturated heterocycles. The third-order valence-corrected chi connectivity index (χ3v) is 16.3. The van der Waals surface area contributed by atoms with Gasteiger partial charge < -0.3 is 23.1 Å². The lowest BCUT2D eigenvalue weighted by Gasteiger charge is -2.48. The van der Waals surface area contributed by atoms with E-state index in [9.17, 15) is 4.79 Å². The van der Waals surface area contributed by atoms with Gasteiger partial charge in [-0.25, -0.2) is 0 Å². The van der Waals surface area contributed by atoms with Gasteiger partial charge in [0.05, 0.1) is 28.3 Å². The first-order valence-electron chi connectivity index (χ1n) is 16.0. The highest BCUT2D eigenvalue weighted by atomic mass is 32.2. The molecule has 4 atom stereocenters. The zero-order valence-corrected chi connectivity index (χ0v) is 28.9. The Morgan fingerprint density at radius 3 is 2.41 bits per heavy atom. The standard InChI is InChI=1S/C32H54O6S2Si/c1-7-34-29(35-8-2)23-32(39-20-11-21-40-32)22-25-14-15-27-16-17-28(24(3)18-19-36-30(33)31(4,5)6)38-41(27,37-25)26-12-9-10-13-26/h15-17,24-26,28-29H,7-14,18-23H2,1-6H3/t24-,25?,28?,41?/m0/s1. The molecule has 0 spiro atoms. The first kappa shape index (κ1) is 33.6. The molecule has 6 nitrogen and oxygen atoms in total. The molecule has 1 aliphatic carbocycles. The summed E-state index contributed by atoms with van der Waals surface area (Å²) in [5.41, 5.74) is 0.0174. The fraction of sp³-hybridized carbons (Fsp3) is 0.844. The first-order chi connectivity index (χ1) is 19.6. The fourth-order valence-electron chi connectivity index (χ4n) is 6.44. The molecule has 9 heteroatoms. The lowest BCUT2D eigenvalue weighted by atomic mass is 9.97. The molecule has 0 bridgehead atoms. The van der Waals surface area contributed by atoms with Crippen molar-refractivity contribution in [3.63, 3.8) is 0 Å². The summed E-state index contributed by atoms with van der Waals surface area (Å²) in [6, 6.07) is 0. The van der Waals surface area contributed by atoms with Gasteiger partial charge in [0, 0.05) is 25.2 Å². The number of hydrogen-bond acceptors (Lipinski definition) is 8. The summed E-state index contributed by atoms with van der Waals surface area (Å²) in [5.74, 6) is 2.45. The Bertz CT molecular complexity index is 902. The van der Waals surface area contributed by atoms with Crippen LogP contribution < -0.4 is 0 Å². The Hall–Kier alpha value is -0.293. The predicted octanol–water partition coefficient (Wildman–Crippen LogP) is 7.94. The molecule has 0 aromatic rings. The van der Waals surface area contributed by atoms with Crippen molar-refractivity contribution in [2.75, 3.05) is 31.3 Å². The highest BCUT2D eigenvalue weighted by molar-refractivity contribution is 8.18. The number of esters is 1. The van der Waals surface area contributed by atoms with E-state index in [1.165, 1.54) is 48.8 Å². The van der Waals surface area contributed by atoms with Crippen LogP contribution in [-0.4, -0.2) is 68.4 Å². The summed E-state index contributed by atoms with van der Waals surface area (Å²) in [5, 5.41) is 1.34. The summed E-state index contributed by atoms with van der Waals surface area (Å²) < 4.78 is 32.3. The number of thioether (sulfide) groups is 2. The molecule has 0 radical (unpaired) electrons. The van der Waals surface area contributed by atoms with Crippen LogP contribution >= 0.6 is 23.5 Å². The Balaban J connectivity index is 1.49. The molecule has 0 aromatic heterocycles. The molecule has 3 unspecified atom stereocenters. The van der Waals surface area contributed by atoms with Gasteiger partial charge in [-0.2, -0.15) is 0 Å². The van der Waals surface area contributed by atoms with Crippen molar-refractivity contribution >= 4 is 38.1 Å². The topological polar surface area (TPSA) is 63.2 Å². The second kappa shape index (κ2) is 15.1. The van der Waals surface area contributed by atoms with E-state index >= 15 is 0 Å². The van der Waals surface area contributed by atoms with Gasteiger partial charge in [-0.3, -0.25) is 4.79 Å². The molecule has 3 aliphatic heterocycles. The van der Waals surface area contributed by atoms with E-state index in [2.05, 4.69) is 48.7 Å². The third kappa shape index (κ3) is 8.67. The number of hydrogen-bond donors (Lipinski definition) is 0. The molecule has 234 valence electrons. The largest absolute Gasteiger partial charge is 0.465 e. The quantitative estimate of drug-likeness (QED) is 0.116. The van der Waals surface area contributed by atoms with Crippen LogP contribution in [0.25, 0.3) is 0 Å². The van der Waals surface area contributed by atoms with Gasteiger partial charge >= 0.3 is 14.5 Å². The van der Waals surface area contributed by atoms with Crippen molar-refractivity contribution in [3.05, 3.63) is 23.4 Å². The van der Waals surface area contributed by atoms with Gasteiger partial charge in [0.25, 0.3) is 0 Å². The van der Waals surface area contributed by atoms with Gasteiger partial charge in [-0.05, 0) is 95.8 Å². The second-order valence-electron chi connectivity index (χ2n) is 13.1. The Morgan fingerprint density at radius 2 is 1.78 bits per heavy atom. The molecule has 2 fully saturated rings. The third-order valence-electron chi connectivity index (χ3n) is 8.73. The van der Waals surface area contributed by atoms with Crippen LogP contribution in [0.15, 0.2) is 23.4 Å². The van der Waals surface area contributed by atoms with E-state index in [1.54, 1.807) is 0 Å². The summed E-state index contributed by atoms with van der Waals surface area (Å²) in [4.78, 5) is 12.3. The zero-order valence-electron chi connectivity index (χ0n) is 26.3. The summed E-state index contributed by atoms with van der Waals surface area (Å²) >= 11 is 4.17. The number of ether oxygens (including phenoxy) is 3. The smallest absolute Gasteiger partial charge is 0.376 e. The van der Waals surface area contributed by atoms with Crippen molar-refractivity contribution in [3.8, 4) is 0 Å². The van der Waals surface area contributed by atoms with E-state index in [1.807, 2.05) is 34.6 Å². The van der Waals surface area contributed by atoms with Crippen LogP contribution in [0.2, 0.25) is 5.54 Å². The Kier molecular flexibility index (Phi) is 12.4. The van der Waals surface area contributed by atoms with Crippen LogP contribution in [0, 0.1) is 11.3 Å². The highest BCUT2D eigenvalue weighted by Crippen LogP contribution is 2.53. The normalized spacial score (nSPS) is 29.3. The number of carbonyl (C=O) groups is 1. The van der Waals surface area contributed by atoms with E-state index in [4.69, 9.17) is 23.1 Å². The molecule has 0 N–H and O–H groups in total. The summed E-state index contributed by atoms with van der Waals surface area (Å²) in [7, 11) is -2.65. The first-order valence-corrected chi connectivity index (χ1v) is 19.9. The van der Waals surface area contributed by atoms with Crippen LogP contribution in [0.5, 0.6) is 0 Å². The molecule has 4 aliphatic rings. The van der Waals surface area contributed by atoms with Crippen LogP contribution in [-0.2, 0) is 27.9 Å². The molecule has 3 heterocycles. The van der Waals surface area contributed by atoms with E-state index < -0.39 is 14.0 Å². The molecule has 1 saturated carbocycles. The van der Waals surface area contributed by atoms with Crippen LogP contribution in [0.4, 0.5) is 0 Å². The van der Waals surface area contributed by atoms with E-state index in [0.29, 0.717) is 25.4 Å². The zero-order chi connectivity index (χ0) is 29.5. The average molecular weight is 627 g/mol. The van der Waals surface area contributed by atoms with Crippen molar-refractivity contribution < 1.29 is 27.9 Å². The van der Waals surface area contributed by atoms with E-state index in [0.717, 1.165) is 25.7 Å². The maximum Gasteiger partial charge on any atom is 0.376 e. The molecule has 0 aromatic carbocycles. The molecule has 0 amide bonds. The Labute approximate surface area is 258 Å². The van der Waals surface area contributed by atoms with Gasteiger partial charge in [-0.1, -0.05) is 38.0 Å². The number of carbonyl (C=O) groups excluding carboxylic acids is 1. The number of rotatable bonds is 13. The van der Waals surface area contributed by atoms with Crippen molar-refractivity contribution in [2.24, 2.45) is 11.3 Å². The monoisotopic (exact) mass is 626 g/mol. The van der Waals surface area contributed by atoms with Crippen LogP contribution in [0.1, 0.15) is 99.3 Å².